The molecule has 0 aromatic rings. The largest absolute Gasteiger partial charge is 0.379 e. The summed E-state index contributed by atoms with van der Waals surface area (Å²) >= 11 is 0. The zero-order valence-corrected chi connectivity index (χ0v) is 11.7. The highest BCUT2D eigenvalue weighted by molar-refractivity contribution is 5.06. The van der Waals surface area contributed by atoms with Gasteiger partial charge in [0.05, 0.1) is 19.3 Å². The lowest BCUT2D eigenvalue weighted by Gasteiger charge is -2.23. The number of ether oxygens (including phenoxy) is 2. The summed E-state index contributed by atoms with van der Waals surface area (Å²) in [7, 11) is 0. The summed E-state index contributed by atoms with van der Waals surface area (Å²) in [6.07, 6.45) is 5.23. The molecule has 1 unspecified atom stereocenters. The molecule has 4 nitrogen and oxygen atoms in total. The molecular formula is C14H26N2O2. The number of nitrogens with zero attached hydrogens (tertiary/aromatic N) is 1. The quantitative estimate of drug-likeness (QED) is 0.575. The Bertz CT molecular complexity index is 261. The molecule has 1 rings (SSSR count). The average molecular weight is 254 g/mol. The highest BCUT2D eigenvalue weighted by atomic mass is 16.5. The third-order valence-electron chi connectivity index (χ3n) is 3.03. The second kappa shape index (κ2) is 8.47. The van der Waals surface area contributed by atoms with Crippen LogP contribution in [0.3, 0.4) is 0 Å². The number of nitrogens with one attached hydrogen (secondary N) is 1. The van der Waals surface area contributed by atoms with Gasteiger partial charge in [-0.25, -0.2) is 0 Å². The minimum atomic E-state index is -0.386. The van der Waals surface area contributed by atoms with Gasteiger partial charge in [-0.2, -0.15) is 5.26 Å². The summed E-state index contributed by atoms with van der Waals surface area (Å²) in [5, 5.41) is 12.6. The first-order chi connectivity index (χ1) is 8.70. The van der Waals surface area contributed by atoms with Crippen molar-refractivity contribution in [2.45, 2.75) is 57.5 Å². The van der Waals surface area contributed by atoms with Gasteiger partial charge in [0.15, 0.2) is 0 Å². The van der Waals surface area contributed by atoms with Crippen molar-refractivity contribution in [2.24, 2.45) is 0 Å². The zero-order chi connectivity index (χ0) is 13.3. The van der Waals surface area contributed by atoms with Gasteiger partial charge in [-0.05, 0) is 39.0 Å². The van der Waals surface area contributed by atoms with E-state index < -0.39 is 0 Å². The average Bonchev–Trinajstić information content (AvgIpc) is 3.16. The summed E-state index contributed by atoms with van der Waals surface area (Å²) < 4.78 is 10.8. The molecule has 1 saturated carbocycles. The van der Waals surface area contributed by atoms with Gasteiger partial charge in [-0.1, -0.05) is 6.92 Å². The molecule has 104 valence electrons. The smallest absolute Gasteiger partial charge is 0.104 e. The van der Waals surface area contributed by atoms with Crippen molar-refractivity contribution in [2.75, 3.05) is 26.4 Å². The van der Waals surface area contributed by atoms with Gasteiger partial charge in [-0.3, -0.25) is 5.32 Å². The van der Waals surface area contributed by atoms with Gasteiger partial charge < -0.3 is 9.47 Å². The van der Waals surface area contributed by atoms with E-state index >= 15 is 0 Å². The molecule has 0 saturated heterocycles. The first-order valence-electron chi connectivity index (χ1n) is 7.04. The number of rotatable bonds is 11. The fraction of sp³-hybridized carbons (Fsp3) is 0.929. The van der Waals surface area contributed by atoms with E-state index in [1.807, 2.05) is 6.92 Å². The van der Waals surface area contributed by atoms with Gasteiger partial charge in [0, 0.05) is 19.3 Å². The number of nitriles is 1. The molecule has 1 N–H and O–H groups in total. The van der Waals surface area contributed by atoms with Gasteiger partial charge >= 0.3 is 0 Å². The van der Waals surface area contributed by atoms with E-state index in [9.17, 15) is 5.26 Å². The van der Waals surface area contributed by atoms with Crippen LogP contribution in [0.4, 0.5) is 0 Å². The van der Waals surface area contributed by atoms with Gasteiger partial charge in [0.25, 0.3) is 0 Å². The zero-order valence-electron chi connectivity index (χ0n) is 11.7. The highest BCUT2D eigenvalue weighted by Gasteiger charge is 2.31. The molecular weight excluding hydrogens is 228 g/mol. The number of hydrogen-bond donors (Lipinski definition) is 1. The lowest BCUT2D eigenvalue weighted by atomic mass is 9.98. The van der Waals surface area contributed by atoms with Crippen molar-refractivity contribution >= 4 is 0 Å². The van der Waals surface area contributed by atoms with Crippen molar-refractivity contribution in [3.05, 3.63) is 0 Å². The van der Waals surface area contributed by atoms with Gasteiger partial charge in [-0.15, -0.1) is 0 Å². The molecule has 18 heavy (non-hydrogen) atoms. The van der Waals surface area contributed by atoms with E-state index in [4.69, 9.17) is 9.47 Å². The first-order valence-corrected chi connectivity index (χ1v) is 7.04. The number of hydrogen-bond acceptors (Lipinski definition) is 4. The van der Waals surface area contributed by atoms with Gasteiger partial charge in [0.2, 0.25) is 0 Å². The SMILES string of the molecule is CCCOCCOCCCC(C)(C#N)NC1CC1. The second-order valence-electron chi connectivity index (χ2n) is 5.19. The van der Waals surface area contributed by atoms with Crippen LogP contribution in [-0.4, -0.2) is 38.0 Å². The molecule has 0 aromatic carbocycles. The molecule has 4 heteroatoms. The Morgan fingerprint density at radius 2 is 1.89 bits per heavy atom. The van der Waals surface area contributed by atoms with Crippen molar-refractivity contribution < 1.29 is 9.47 Å². The van der Waals surface area contributed by atoms with Crippen LogP contribution in [0.25, 0.3) is 0 Å². The fourth-order valence-electron chi connectivity index (χ4n) is 1.83. The summed E-state index contributed by atoms with van der Waals surface area (Å²) in [6, 6.07) is 2.94. The van der Waals surface area contributed by atoms with E-state index in [1.165, 1.54) is 12.8 Å². The highest BCUT2D eigenvalue weighted by Crippen LogP contribution is 2.24. The summed E-state index contributed by atoms with van der Waals surface area (Å²) in [6.45, 7) is 6.91. The maximum atomic E-state index is 9.19. The first kappa shape index (κ1) is 15.4. The minimum Gasteiger partial charge on any atom is -0.379 e. The summed E-state index contributed by atoms with van der Waals surface area (Å²) in [4.78, 5) is 0. The molecule has 0 amide bonds. The van der Waals surface area contributed by atoms with Crippen LogP contribution >= 0.6 is 0 Å². The Labute approximate surface area is 111 Å². The van der Waals surface area contributed by atoms with E-state index in [-0.39, 0.29) is 5.54 Å². The molecule has 0 radical (unpaired) electrons. The monoisotopic (exact) mass is 254 g/mol. The molecule has 1 atom stereocenters. The standard InChI is InChI=1S/C14H26N2O2/c1-3-8-17-10-11-18-9-4-7-14(2,12-15)16-13-5-6-13/h13,16H,3-11H2,1-2H3. The summed E-state index contributed by atoms with van der Waals surface area (Å²) in [5.41, 5.74) is -0.386. The Kier molecular flexibility index (Phi) is 7.26. The lowest BCUT2D eigenvalue weighted by molar-refractivity contribution is 0.0455. The van der Waals surface area contributed by atoms with Crippen LogP contribution in [0.1, 0.15) is 46.0 Å². The van der Waals surface area contributed by atoms with Crippen LogP contribution in [0, 0.1) is 11.3 Å². The third-order valence-corrected chi connectivity index (χ3v) is 3.03. The van der Waals surface area contributed by atoms with Gasteiger partial charge in [0.1, 0.15) is 5.54 Å². The molecule has 0 spiro atoms. The molecule has 0 aliphatic heterocycles. The Hall–Kier alpha value is -0.630. The predicted octanol–water partition coefficient (Wildman–Crippen LogP) is 2.24. The fourth-order valence-corrected chi connectivity index (χ4v) is 1.83. The maximum Gasteiger partial charge on any atom is 0.104 e. The lowest BCUT2D eigenvalue weighted by Crippen LogP contribution is -2.42. The minimum absolute atomic E-state index is 0.386. The topological polar surface area (TPSA) is 54.3 Å². The van der Waals surface area contributed by atoms with E-state index in [1.54, 1.807) is 0 Å². The predicted molar refractivity (Wildman–Crippen MR) is 71.3 cm³/mol. The summed E-state index contributed by atoms with van der Waals surface area (Å²) in [5.74, 6) is 0. The maximum absolute atomic E-state index is 9.19. The van der Waals surface area contributed by atoms with Crippen LogP contribution in [0.15, 0.2) is 0 Å². The molecule has 1 aliphatic carbocycles. The van der Waals surface area contributed by atoms with Crippen molar-refractivity contribution in [3.63, 3.8) is 0 Å². The second-order valence-corrected chi connectivity index (χ2v) is 5.19. The van der Waals surface area contributed by atoms with Crippen molar-refractivity contribution in [3.8, 4) is 6.07 Å². The molecule has 0 aromatic heterocycles. The molecule has 0 bridgehead atoms. The van der Waals surface area contributed by atoms with Crippen LogP contribution in [0.5, 0.6) is 0 Å². The van der Waals surface area contributed by atoms with Crippen LogP contribution < -0.4 is 5.32 Å². The van der Waals surface area contributed by atoms with Crippen LogP contribution in [0.2, 0.25) is 0 Å². The molecule has 1 fully saturated rings. The Morgan fingerprint density at radius 3 is 2.44 bits per heavy atom. The molecule has 1 aliphatic rings. The van der Waals surface area contributed by atoms with Crippen molar-refractivity contribution in [1.82, 2.24) is 5.32 Å². The molecule has 0 heterocycles. The van der Waals surface area contributed by atoms with Crippen LogP contribution in [-0.2, 0) is 9.47 Å². The third kappa shape index (κ3) is 6.95. The van der Waals surface area contributed by atoms with E-state index in [2.05, 4.69) is 18.3 Å². The van der Waals surface area contributed by atoms with E-state index in [0.717, 1.165) is 25.9 Å². The van der Waals surface area contributed by atoms with E-state index in [0.29, 0.717) is 25.9 Å². The van der Waals surface area contributed by atoms with Crippen molar-refractivity contribution in [1.29, 1.82) is 5.26 Å². The Balaban J connectivity index is 1.96. The Morgan fingerprint density at radius 1 is 1.22 bits per heavy atom. The normalized spacial score (nSPS) is 18.3.